The van der Waals surface area contributed by atoms with Gasteiger partial charge in [0.25, 0.3) is 0 Å². The second-order valence-electron chi connectivity index (χ2n) is 4.01. The Bertz CT molecular complexity index is 759. The zero-order valence-electron chi connectivity index (χ0n) is 9.51. The average Bonchev–Trinajstić information content (AvgIpc) is 2.39. The summed E-state index contributed by atoms with van der Waals surface area (Å²) in [7, 11) is -1.77. The van der Waals surface area contributed by atoms with Crippen molar-refractivity contribution in [1.29, 1.82) is 0 Å². The van der Waals surface area contributed by atoms with Gasteiger partial charge in [0.05, 0.1) is 0 Å². The quantitative estimate of drug-likeness (QED) is 0.569. The first-order chi connectivity index (χ1) is 8.31. The van der Waals surface area contributed by atoms with Crippen molar-refractivity contribution >= 4 is 29.1 Å². The Morgan fingerprint density at radius 1 is 1.06 bits per heavy atom. The highest BCUT2D eigenvalue weighted by Crippen LogP contribution is 2.36. The summed E-state index contributed by atoms with van der Waals surface area (Å²) in [6.45, 7) is 2.08. The molecule has 0 bridgehead atoms. The summed E-state index contributed by atoms with van der Waals surface area (Å²) in [5.41, 5.74) is 1.90. The Hall–Kier alpha value is -1.66. The number of hydrogen-bond acceptors (Lipinski definition) is 2. The zero-order valence-corrected chi connectivity index (χ0v) is 10.4. The Morgan fingerprint density at radius 3 is 2.65 bits per heavy atom. The van der Waals surface area contributed by atoms with E-state index in [2.05, 4.69) is 6.92 Å². The van der Waals surface area contributed by atoms with Crippen LogP contribution in [0.2, 0.25) is 0 Å². The molecular formula is C14H12O2P+. The third-order valence-electron chi connectivity index (χ3n) is 3.04. The van der Waals surface area contributed by atoms with Crippen molar-refractivity contribution in [1.82, 2.24) is 0 Å². The molecule has 1 aromatic heterocycles. The number of aryl methyl sites for hydroxylation is 1. The SMILES string of the molecule is CCc1cccc2c1o[p+](=O)c1ccccc21. The van der Waals surface area contributed by atoms with Crippen LogP contribution in [-0.2, 0) is 11.0 Å². The predicted molar refractivity (Wildman–Crippen MR) is 70.7 cm³/mol. The van der Waals surface area contributed by atoms with E-state index in [4.69, 9.17) is 4.20 Å². The number of benzene rings is 2. The van der Waals surface area contributed by atoms with Gasteiger partial charge in [-0.2, -0.15) is 0 Å². The molecule has 0 saturated heterocycles. The maximum Gasteiger partial charge on any atom is 0.597 e. The normalized spacial score (nSPS) is 12.2. The molecular weight excluding hydrogens is 231 g/mol. The van der Waals surface area contributed by atoms with E-state index in [0.29, 0.717) is 0 Å². The van der Waals surface area contributed by atoms with Crippen molar-refractivity contribution in [2.24, 2.45) is 0 Å². The molecule has 0 N–H and O–H groups in total. The molecule has 3 aromatic rings. The lowest BCUT2D eigenvalue weighted by Gasteiger charge is -2.00. The van der Waals surface area contributed by atoms with E-state index in [9.17, 15) is 4.57 Å². The van der Waals surface area contributed by atoms with Gasteiger partial charge in [0.1, 0.15) is 0 Å². The van der Waals surface area contributed by atoms with Crippen LogP contribution in [0.3, 0.4) is 0 Å². The van der Waals surface area contributed by atoms with E-state index in [1.165, 1.54) is 0 Å². The smallest absolute Gasteiger partial charge is 0.249 e. The highest BCUT2D eigenvalue weighted by molar-refractivity contribution is 7.37. The molecule has 1 unspecified atom stereocenters. The molecule has 0 aliphatic heterocycles. The van der Waals surface area contributed by atoms with Crippen LogP contribution in [0.4, 0.5) is 0 Å². The van der Waals surface area contributed by atoms with E-state index in [0.717, 1.165) is 33.5 Å². The van der Waals surface area contributed by atoms with Crippen molar-refractivity contribution in [2.45, 2.75) is 13.3 Å². The van der Waals surface area contributed by atoms with E-state index in [1.54, 1.807) is 0 Å². The van der Waals surface area contributed by atoms with Crippen LogP contribution in [0.1, 0.15) is 12.5 Å². The number of rotatable bonds is 1. The topological polar surface area (TPSA) is 30.2 Å². The molecule has 17 heavy (non-hydrogen) atoms. The largest absolute Gasteiger partial charge is 0.597 e. The maximum absolute atomic E-state index is 12.0. The fraction of sp³-hybridized carbons (Fsp3) is 0.143. The minimum absolute atomic E-state index is 0.787. The summed E-state index contributed by atoms with van der Waals surface area (Å²) < 4.78 is 17.6. The molecule has 0 aliphatic rings. The minimum atomic E-state index is -1.77. The van der Waals surface area contributed by atoms with Crippen LogP contribution < -0.4 is 0 Å². The van der Waals surface area contributed by atoms with Crippen molar-refractivity contribution in [2.75, 3.05) is 0 Å². The number of fused-ring (bicyclic) bond motifs is 3. The molecule has 1 heterocycles. The minimum Gasteiger partial charge on any atom is -0.249 e. The standard InChI is InChI=1S/C14H12O2P/c1-2-10-6-5-8-12-11-7-3-4-9-13(11)17(15)16-14(10)12/h3-9H,2H2,1H3/q+1. The van der Waals surface area contributed by atoms with E-state index < -0.39 is 7.65 Å². The monoisotopic (exact) mass is 243 g/mol. The van der Waals surface area contributed by atoms with E-state index >= 15 is 0 Å². The van der Waals surface area contributed by atoms with Gasteiger partial charge in [-0.1, -0.05) is 37.3 Å². The third kappa shape index (κ3) is 1.57. The molecule has 0 spiro atoms. The molecule has 3 rings (SSSR count). The predicted octanol–water partition coefficient (Wildman–Crippen LogP) is 4.89. The van der Waals surface area contributed by atoms with Gasteiger partial charge in [-0.05, 0) is 23.1 Å². The lowest BCUT2D eigenvalue weighted by Crippen LogP contribution is -1.83. The summed E-state index contributed by atoms with van der Waals surface area (Å²) in [6, 6.07) is 13.8. The lowest BCUT2D eigenvalue weighted by atomic mass is 10.1. The fourth-order valence-corrected chi connectivity index (χ4v) is 3.26. The molecule has 0 aliphatic carbocycles. The van der Waals surface area contributed by atoms with Crippen molar-refractivity contribution in [3.8, 4) is 0 Å². The van der Waals surface area contributed by atoms with Gasteiger partial charge in [0.2, 0.25) is 5.12 Å². The maximum atomic E-state index is 12.0. The van der Waals surface area contributed by atoms with Gasteiger partial charge in [-0.25, -0.2) is 4.20 Å². The molecule has 1 atom stereocenters. The van der Waals surface area contributed by atoms with E-state index in [-0.39, 0.29) is 0 Å². The molecule has 0 fully saturated rings. The van der Waals surface area contributed by atoms with Crippen molar-refractivity contribution in [3.05, 3.63) is 48.0 Å². The molecule has 0 saturated carbocycles. The van der Waals surface area contributed by atoms with Crippen LogP contribution in [0.15, 0.2) is 46.7 Å². The van der Waals surface area contributed by atoms with Crippen LogP contribution >= 0.6 is 7.65 Å². The highest BCUT2D eigenvalue weighted by atomic mass is 31.1. The zero-order chi connectivity index (χ0) is 11.8. The van der Waals surface area contributed by atoms with Crippen LogP contribution in [-0.4, -0.2) is 0 Å². The van der Waals surface area contributed by atoms with Crippen LogP contribution in [0, 0.1) is 0 Å². The summed E-state index contributed by atoms with van der Waals surface area (Å²) in [5, 5.41) is 2.88. The first-order valence-corrected chi connectivity index (χ1v) is 6.85. The van der Waals surface area contributed by atoms with Crippen LogP contribution in [0.25, 0.3) is 21.5 Å². The summed E-state index contributed by atoms with van der Waals surface area (Å²) in [4.78, 5) is 0. The Morgan fingerprint density at radius 2 is 1.82 bits per heavy atom. The van der Waals surface area contributed by atoms with Gasteiger partial charge >= 0.3 is 7.65 Å². The third-order valence-corrected chi connectivity index (χ3v) is 4.17. The molecule has 2 aromatic carbocycles. The van der Waals surface area contributed by atoms with E-state index in [1.807, 2.05) is 42.5 Å². The Balaban J connectivity index is 2.62. The molecule has 0 radical (unpaired) electrons. The first-order valence-electron chi connectivity index (χ1n) is 5.67. The Labute approximate surface area is 99.7 Å². The lowest BCUT2D eigenvalue weighted by molar-refractivity contribution is 0.562. The first kappa shape index (κ1) is 10.5. The van der Waals surface area contributed by atoms with Gasteiger partial charge in [0.15, 0.2) is 5.58 Å². The van der Waals surface area contributed by atoms with Crippen LogP contribution in [0.5, 0.6) is 0 Å². The van der Waals surface area contributed by atoms with Crippen molar-refractivity contribution < 1.29 is 8.76 Å². The van der Waals surface area contributed by atoms with Gasteiger partial charge < -0.3 is 0 Å². The second-order valence-corrected chi connectivity index (χ2v) is 5.19. The highest BCUT2D eigenvalue weighted by Gasteiger charge is 2.17. The second kappa shape index (κ2) is 3.97. The van der Waals surface area contributed by atoms with Gasteiger partial charge in [-0.15, -0.1) is 0 Å². The summed E-state index contributed by atoms with van der Waals surface area (Å²) >= 11 is 0. The number of hydrogen-bond donors (Lipinski definition) is 0. The molecule has 0 amide bonds. The van der Waals surface area contributed by atoms with Gasteiger partial charge in [0, 0.05) is 16.3 Å². The van der Waals surface area contributed by atoms with Crippen molar-refractivity contribution in [3.63, 3.8) is 0 Å². The molecule has 3 heteroatoms. The summed E-state index contributed by atoms with van der Waals surface area (Å²) in [6.07, 6.45) is 0.883. The average molecular weight is 243 g/mol. The number of para-hydroxylation sites is 1. The Kier molecular flexibility index (Phi) is 2.45. The van der Waals surface area contributed by atoms with Gasteiger partial charge in [-0.3, -0.25) is 0 Å². The summed E-state index contributed by atoms with van der Waals surface area (Å²) in [5.74, 6) is 0. The fourth-order valence-electron chi connectivity index (χ4n) is 2.18. The molecule has 2 nitrogen and oxygen atoms in total. The molecule has 84 valence electrons.